The number of unbranched alkanes of at least 4 members (excludes halogenated alkanes) is 6. The highest BCUT2D eigenvalue weighted by atomic mass is 17.2. The van der Waals surface area contributed by atoms with Gasteiger partial charge in [-0.3, -0.25) is 9.47 Å². The summed E-state index contributed by atoms with van der Waals surface area (Å²) >= 11 is 0. The number of ether oxygens (including phenoxy) is 3. The molecule has 2 heterocycles. The van der Waals surface area contributed by atoms with Gasteiger partial charge in [-0.1, -0.05) is 71.8 Å². The lowest BCUT2D eigenvalue weighted by molar-refractivity contribution is -0.217. The van der Waals surface area contributed by atoms with Crippen molar-refractivity contribution in [3.05, 3.63) is 12.2 Å². The monoisotopic (exact) mass is 324 g/mol. The van der Waals surface area contributed by atoms with Gasteiger partial charge < -0.3 is 4.74 Å². The van der Waals surface area contributed by atoms with E-state index in [1.54, 1.807) is 6.92 Å². The molecule has 2 aliphatic heterocycles. The molecule has 1 atom stereocenters. The Balaban J connectivity index is 1.81. The summed E-state index contributed by atoms with van der Waals surface area (Å²) in [6.45, 7) is 9.68. The molecule has 0 amide bonds. The van der Waals surface area contributed by atoms with Crippen molar-refractivity contribution in [3.8, 4) is 0 Å². The predicted octanol–water partition coefficient (Wildman–Crippen LogP) is 5.07. The standard InChI is InChI=1S/C19H32O4/c1-5-7-9-10-12-14-16(13-11-8-6-2)18-19(22-18,23-18)21-17(20)15(3)4/h16H,3,5-14H2,1-2,4H3. The van der Waals surface area contributed by atoms with Crippen molar-refractivity contribution in [2.24, 2.45) is 5.92 Å². The second-order valence-corrected chi connectivity index (χ2v) is 6.99. The van der Waals surface area contributed by atoms with E-state index in [1.807, 2.05) is 0 Å². The summed E-state index contributed by atoms with van der Waals surface area (Å²) in [5, 5.41) is 0. The van der Waals surface area contributed by atoms with Gasteiger partial charge in [-0.25, -0.2) is 4.79 Å². The quantitative estimate of drug-likeness (QED) is 0.205. The Morgan fingerprint density at radius 1 is 1.00 bits per heavy atom. The Morgan fingerprint density at radius 3 is 2.09 bits per heavy atom. The molecule has 4 heteroatoms. The normalized spacial score (nSPS) is 28.8. The highest BCUT2D eigenvalue weighted by Crippen LogP contribution is 2.73. The van der Waals surface area contributed by atoms with Crippen LogP contribution in [0.4, 0.5) is 0 Å². The maximum atomic E-state index is 11.7. The van der Waals surface area contributed by atoms with Crippen molar-refractivity contribution in [2.45, 2.75) is 96.7 Å². The van der Waals surface area contributed by atoms with E-state index in [-0.39, 0.29) is 0 Å². The molecule has 0 saturated carbocycles. The Labute approximate surface area is 140 Å². The summed E-state index contributed by atoms with van der Waals surface area (Å²) in [5.74, 6) is -1.83. The molecule has 0 radical (unpaired) electrons. The number of hydrogen-bond donors (Lipinski definition) is 0. The van der Waals surface area contributed by atoms with Gasteiger partial charge in [-0.15, -0.1) is 0 Å². The lowest BCUT2D eigenvalue weighted by atomic mass is 9.91. The topological polar surface area (TPSA) is 51.4 Å². The van der Waals surface area contributed by atoms with E-state index in [0.717, 1.165) is 12.8 Å². The molecule has 23 heavy (non-hydrogen) atoms. The van der Waals surface area contributed by atoms with E-state index in [2.05, 4.69) is 20.4 Å². The smallest absolute Gasteiger partial charge is 0.393 e. The summed E-state index contributed by atoms with van der Waals surface area (Å²) in [4.78, 5) is 11.7. The van der Waals surface area contributed by atoms with Crippen molar-refractivity contribution < 1.29 is 19.0 Å². The van der Waals surface area contributed by atoms with Crippen LogP contribution in [0.1, 0.15) is 85.0 Å². The summed E-state index contributed by atoms with van der Waals surface area (Å²) < 4.78 is 16.7. The van der Waals surface area contributed by atoms with Gasteiger partial charge in [0.05, 0.1) is 0 Å². The summed E-state index contributed by atoms with van der Waals surface area (Å²) in [6, 6.07) is 0. The largest absolute Gasteiger partial charge is 0.400 e. The number of esters is 1. The van der Waals surface area contributed by atoms with Crippen LogP contribution in [0.3, 0.4) is 0 Å². The first kappa shape index (κ1) is 18.5. The van der Waals surface area contributed by atoms with Crippen molar-refractivity contribution in [1.82, 2.24) is 0 Å². The van der Waals surface area contributed by atoms with Crippen LogP contribution in [0.25, 0.3) is 0 Å². The van der Waals surface area contributed by atoms with Gasteiger partial charge in [0.1, 0.15) is 0 Å². The molecule has 132 valence electrons. The summed E-state index contributed by atoms with van der Waals surface area (Å²) in [6.07, 6.45) is 12.1. The predicted molar refractivity (Wildman–Crippen MR) is 89.5 cm³/mol. The van der Waals surface area contributed by atoms with Crippen molar-refractivity contribution >= 4 is 5.97 Å². The number of rotatable bonds is 13. The molecular formula is C19H32O4. The molecule has 0 aromatic carbocycles. The lowest BCUT2D eigenvalue weighted by Crippen LogP contribution is -2.16. The Morgan fingerprint density at radius 2 is 1.52 bits per heavy atom. The Bertz CT molecular complexity index is 423. The minimum absolute atomic E-state index is 0.327. The zero-order chi connectivity index (χ0) is 16.9. The van der Waals surface area contributed by atoms with Gasteiger partial charge >= 0.3 is 11.9 Å². The molecule has 0 N–H and O–H groups in total. The highest BCUT2D eigenvalue weighted by Gasteiger charge is 2.98. The molecule has 0 aromatic heterocycles. The molecule has 1 unspecified atom stereocenters. The van der Waals surface area contributed by atoms with Crippen molar-refractivity contribution in [1.29, 1.82) is 0 Å². The second kappa shape index (κ2) is 7.80. The third-order valence-corrected chi connectivity index (χ3v) is 4.84. The molecular weight excluding hydrogens is 292 g/mol. The van der Waals surface area contributed by atoms with Crippen LogP contribution in [0, 0.1) is 5.92 Å². The molecule has 2 aliphatic rings. The Kier molecular flexibility index (Phi) is 6.26. The van der Waals surface area contributed by atoms with E-state index in [1.165, 1.54) is 51.4 Å². The van der Waals surface area contributed by atoms with Crippen molar-refractivity contribution in [3.63, 3.8) is 0 Å². The fourth-order valence-corrected chi connectivity index (χ4v) is 3.25. The van der Waals surface area contributed by atoms with E-state index in [9.17, 15) is 4.79 Å². The third-order valence-electron chi connectivity index (χ3n) is 4.84. The molecule has 2 saturated heterocycles. The van der Waals surface area contributed by atoms with Crippen LogP contribution < -0.4 is 0 Å². The minimum Gasteiger partial charge on any atom is -0.400 e. The van der Waals surface area contributed by atoms with Gasteiger partial charge in [0, 0.05) is 11.5 Å². The second-order valence-electron chi connectivity index (χ2n) is 6.99. The first-order valence-corrected chi connectivity index (χ1v) is 9.30. The molecule has 2 fully saturated rings. The van der Waals surface area contributed by atoms with Crippen LogP contribution in [0.15, 0.2) is 12.2 Å². The van der Waals surface area contributed by atoms with Crippen molar-refractivity contribution in [2.75, 3.05) is 0 Å². The fraction of sp³-hybridized carbons (Fsp3) is 0.842. The maximum Gasteiger partial charge on any atom is 0.393 e. The minimum atomic E-state index is -1.08. The maximum absolute atomic E-state index is 11.7. The zero-order valence-corrected chi connectivity index (χ0v) is 15.0. The molecule has 4 nitrogen and oxygen atoms in total. The van der Waals surface area contributed by atoms with E-state index < -0.39 is 17.7 Å². The Hall–Kier alpha value is -0.870. The van der Waals surface area contributed by atoms with E-state index >= 15 is 0 Å². The van der Waals surface area contributed by atoms with Gasteiger partial charge in [-0.2, -0.15) is 0 Å². The van der Waals surface area contributed by atoms with Crippen LogP contribution >= 0.6 is 0 Å². The molecule has 0 aromatic rings. The summed E-state index contributed by atoms with van der Waals surface area (Å²) in [7, 11) is 0. The van der Waals surface area contributed by atoms with Crippen LogP contribution in [-0.2, 0) is 19.0 Å². The zero-order valence-electron chi connectivity index (χ0n) is 15.0. The fourth-order valence-electron chi connectivity index (χ4n) is 3.25. The summed E-state index contributed by atoms with van der Waals surface area (Å²) in [5.41, 5.74) is 0.376. The number of fused-ring (bicyclic) bond motifs is 1. The highest BCUT2D eigenvalue weighted by molar-refractivity contribution is 5.87. The number of carbonyl (C=O) groups is 1. The van der Waals surface area contributed by atoms with Crippen LogP contribution in [0.5, 0.6) is 0 Å². The van der Waals surface area contributed by atoms with E-state index in [0.29, 0.717) is 11.5 Å². The number of carbonyl (C=O) groups excluding carboxylic acids is 1. The van der Waals surface area contributed by atoms with Crippen LogP contribution in [-0.4, -0.2) is 17.7 Å². The number of hydrogen-bond acceptors (Lipinski definition) is 4. The van der Waals surface area contributed by atoms with Gasteiger partial charge in [0.2, 0.25) is 0 Å². The average molecular weight is 324 g/mol. The lowest BCUT2D eigenvalue weighted by Gasteiger charge is -2.15. The first-order valence-electron chi connectivity index (χ1n) is 9.30. The van der Waals surface area contributed by atoms with E-state index in [4.69, 9.17) is 14.2 Å². The average Bonchev–Trinajstić information content (AvgIpc) is 3.31. The first-order chi connectivity index (χ1) is 11.0. The van der Waals surface area contributed by atoms with Gasteiger partial charge in [-0.05, 0) is 19.8 Å². The van der Waals surface area contributed by atoms with Crippen LogP contribution in [0.2, 0.25) is 0 Å². The molecule has 0 spiro atoms. The molecule has 0 bridgehead atoms. The van der Waals surface area contributed by atoms with Gasteiger partial charge in [0.25, 0.3) is 5.79 Å². The number of epoxide rings is 2. The SMILES string of the molecule is C=C(C)C(=O)OC12OC1(C(CCCCC)CCCCCCC)O2. The van der Waals surface area contributed by atoms with Gasteiger partial charge in [0.15, 0.2) is 0 Å². The molecule has 0 aliphatic carbocycles. The molecule has 2 rings (SSSR count). The third kappa shape index (κ3) is 4.16.